The van der Waals surface area contributed by atoms with Crippen molar-refractivity contribution in [3.8, 4) is 0 Å². The normalized spacial score (nSPS) is 19.0. The van der Waals surface area contributed by atoms with Gasteiger partial charge in [-0.2, -0.15) is 0 Å². The number of fused-ring (bicyclic) bond motifs is 1. The van der Waals surface area contributed by atoms with E-state index in [1.54, 1.807) is 12.3 Å². The number of hydrogen-bond donors (Lipinski definition) is 1. The summed E-state index contributed by atoms with van der Waals surface area (Å²) >= 11 is 5.85. The molecule has 0 aliphatic carbocycles. The number of rotatable bonds is 1. The van der Waals surface area contributed by atoms with Crippen LogP contribution in [-0.2, 0) is 6.54 Å². The molecule has 2 heterocycles. The zero-order valence-electron chi connectivity index (χ0n) is 9.14. The fourth-order valence-electron chi connectivity index (χ4n) is 2.18. The molecular weight excluding hydrogens is 228 g/mol. The molecule has 0 bridgehead atoms. The van der Waals surface area contributed by atoms with Crippen LogP contribution in [0, 0.1) is 5.92 Å². The molecular formula is C11H13ClN2O2. The molecule has 2 rings (SSSR count). The van der Waals surface area contributed by atoms with Gasteiger partial charge in [-0.15, -0.1) is 0 Å². The minimum atomic E-state index is -0.909. The molecule has 0 saturated carbocycles. The molecule has 0 radical (unpaired) electrons. The molecule has 5 heteroatoms. The van der Waals surface area contributed by atoms with Gasteiger partial charge in [0.15, 0.2) is 0 Å². The smallest absolute Gasteiger partial charge is 0.408 e. The molecule has 0 aromatic carbocycles. The second-order valence-electron chi connectivity index (χ2n) is 4.30. The predicted octanol–water partition coefficient (Wildman–Crippen LogP) is 2.93. The van der Waals surface area contributed by atoms with Crippen molar-refractivity contribution in [1.29, 1.82) is 0 Å². The van der Waals surface area contributed by atoms with Gasteiger partial charge in [0.1, 0.15) is 0 Å². The standard InChI is InChI=1S/C11H13ClN2O2/c1-6(2)10-9-7(3-8(12)4-13-9)5-14(10)11(15)16/h3-4,6,10H,5H2,1-2H3,(H,15,16). The molecule has 0 fully saturated rings. The lowest BCUT2D eigenvalue weighted by molar-refractivity contribution is 0.115. The van der Waals surface area contributed by atoms with Crippen LogP contribution in [0.5, 0.6) is 0 Å². The van der Waals surface area contributed by atoms with Crippen molar-refractivity contribution >= 4 is 17.7 Å². The maximum Gasteiger partial charge on any atom is 0.408 e. The lowest BCUT2D eigenvalue weighted by Crippen LogP contribution is -2.30. The van der Waals surface area contributed by atoms with Gasteiger partial charge in [0.25, 0.3) is 0 Å². The van der Waals surface area contributed by atoms with Crippen molar-refractivity contribution in [1.82, 2.24) is 9.88 Å². The summed E-state index contributed by atoms with van der Waals surface area (Å²) in [6.07, 6.45) is 0.661. The fourth-order valence-corrected chi connectivity index (χ4v) is 2.36. The number of carbonyl (C=O) groups is 1. The number of aromatic nitrogens is 1. The third-order valence-corrected chi connectivity index (χ3v) is 3.01. The van der Waals surface area contributed by atoms with E-state index in [1.807, 2.05) is 13.8 Å². The predicted molar refractivity (Wildman–Crippen MR) is 60.4 cm³/mol. The summed E-state index contributed by atoms with van der Waals surface area (Å²) in [6, 6.07) is 1.63. The fraction of sp³-hybridized carbons (Fsp3) is 0.455. The SMILES string of the molecule is CC(C)C1c2ncc(Cl)cc2CN1C(=O)O. The Balaban J connectivity index is 2.45. The first-order valence-corrected chi connectivity index (χ1v) is 5.52. The van der Waals surface area contributed by atoms with E-state index in [4.69, 9.17) is 16.7 Å². The molecule has 1 aliphatic heterocycles. The molecule has 16 heavy (non-hydrogen) atoms. The number of pyridine rings is 1. The largest absolute Gasteiger partial charge is 0.465 e. The van der Waals surface area contributed by atoms with E-state index in [2.05, 4.69) is 4.98 Å². The van der Waals surface area contributed by atoms with E-state index < -0.39 is 6.09 Å². The van der Waals surface area contributed by atoms with Crippen molar-refractivity contribution in [2.45, 2.75) is 26.4 Å². The van der Waals surface area contributed by atoms with Crippen LogP contribution in [0.4, 0.5) is 4.79 Å². The quantitative estimate of drug-likeness (QED) is 0.821. The molecule has 1 aromatic heterocycles. The summed E-state index contributed by atoms with van der Waals surface area (Å²) in [4.78, 5) is 16.8. The summed E-state index contributed by atoms with van der Waals surface area (Å²) in [5, 5.41) is 9.69. The van der Waals surface area contributed by atoms with Crippen LogP contribution >= 0.6 is 11.6 Å². The molecule has 4 nitrogen and oxygen atoms in total. The summed E-state index contributed by atoms with van der Waals surface area (Å²) in [5.41, 5.74) is 1.75. The molecule has 0 spiro atoms. The Kier molecular flexibility index (Phi) is 2.76. The van der Waals surface area contributed by atoms with Crippen LogP contribution in [-0.4, -0.2) is 21.1 Å². The number of carboxylic acid groups (broad SMARTS) is 1. The van der Waals surface area contributed by atoms with Gasteiger partial charge in [0.2, 0.25) is 0 Å². The summed E-state index contributed by atoms with van der Waals surface area (Å²) in [7, 11) is 0. The maximum atomic E-state index is 11.1. The first-order chi connectivity index (χ1) is 7.50. The zero-order valence-corrected chi connectivity index (χ0v) is 9.90. The van der Waals surface area contributed by atoms with Gasteiger partial charge in [-0.25, -0.2) is 4.79 Å². The van der Waals surface area contributed by atoms with Crippen LogP contribution in [0.2, 0.25) is 5.02 Å². The summed E-state index contributed by atoms with van der Waals surface area (Å²) in [6.45, 7) is 4.36. The van der Waals surface area contributed by atoms with E-state index >= 15 is 0 Å². The first-order valence-electron chi connectivity index (χ1n) is 5.14. The van der Waals surface area contributed by atoms with Gasteiger partial charge in [0, 0.05) is 6.20 Å². The average Bonchev–Trinajstić information content (AvgIpc) is 2.55. The van der Waals surface area contributed by atoms with E-state index in [1.165, 1.54) is 4.90 Å². The van der Waals surface area contributed by atoms with Crippen molar-refractivity contribution in [3.05, 3.63) is 28.5 Å². The Hall–Kier alpha value is -1.29. The molecule has 0 saturated heterocycles. The highest BCUT2D eigenvalue weighted by atomic mass is 35.5. The van der Waals surface area contributed by atoms with Crippen LogP contribution in [0.25, 0.3) is 0 Å². The number of hydrogen-bond acceptors (Lipinski definition) is 2. The Labute approximate surface area is 98.9 Å². The molecule has 1 aromatic rings. The Morgan fingerprint density at radius 3 is 2.94 bits per heavy atom. The van der Waals surface area contributed by atoms with Crippen molar-refractivity contribution in [2.24, 2.45) is 5.92 Å². The monoisotopic (exact) mass is 240 g/mol. The molecule has 1 atom stereocenters. The molecule has 1 unspecified atom stereocenters. The number of nitrogens with zero attached hydrogens (tertiary/aromatic N) is 2. The van der Waals surface area contributed by atoms with Crippen LogP contribution in [0.15, 0.2) is 12.3 Å². The highest BCUT2D eigenvalue weighted by Crippen LogP contribution is 2.37. The Morgan fingerprint density at radius 2 is 2.38 bits per heavy atom. The van der Waals surface area contributed by atoms with Gasteiger partial charge in [-0.3, -0.25) is 9.88 Å². The molecule has 1 N–H and O–H groups in total. The van der Waals surface area contributed by atoms with E-state index in [9.17, 15) is 4.79 Å². The van der Waals surface area contributed by atoms with Gasteiger partial charge in [-0.1, -0.05) is 25.4 Å². The maximum absolute atomic E-state index is 11.1. The zero-order chi connectivity index (χ0) is 11.9. The minimum absolute atomic E-state index is 0.162. The average molecular weight is 241 g/mol. The number of halogens is 1. The van der Waals surface area contributed by atoms with E-state index in [0.29, 0.717) is 11.6 Å². The third kappa shape index (κ3) is 1.73. The molecule has 1 amide bonds. The lowest BCUT2D eigenvalue weighted by atomic mass is 10.0. The van der Waals surface area contributed by atoms with E-state index in [0.717, 1.165) is 11.3 Å². The van der Waals surface area contributed by atoms with Crippen LogP contribution in [0.3, 0.4) is 0 Å². The second kappa shape index (κ2) is 3.94. The second-order valence-corrected chi connectivity index (χ2v) is 4.73. The molecule has 1 aliphatic rings. The van der Waals surface area contributed by atoms with Gasteiger partial charge >= 0.3 is 6.09 Å². The topological polar surface area (TPSA) is 53.4 Å². The number of amides is 1. The van der Waals surface area contributed by atoms with Gasteiger partial charge in [-0.05, 0) is 17.5 Å². The van der Waals surface area contributed by atoms with Crippen LogP contribution < -0.4 is 0 Å². The van der Waals surface area contributed by atoms with Crippen molar-refractivity contribution in [2.75, 3.05) is 0 Å². The van der Waals surface area contributed by atoms with Crippen molar-refractivity contribution < 1.29 is 9.90 Å². The highest BCUT2D eigenvalue weighted by Gasteiger charge is 2.36. The Bertz CT molecular complexity index is 434. The summed E-state index contributed by atoms with van der Waals surface area (Å²) in [5.74, 6) is 0.200. The van der Waals surface area contributed by atoms with Gasteiger partial charge in [0.05, 0.1) is 23.3 Å². The minimum Gasteiger partial charge on any atom is -0.465 e. The molecule has 86 valence electrons. The lowest BCUT2D eigenvalue weighted by Gasteiger charge is -2.24. The highest BCUT2D eigenvalue weighted by molar-refractivity contribution is 6.30. The van der Waals surface area contributed by atoms with E-state index in [-0.39, 0.29) is 12.0 Å². The first kappa shape index (κ1) is 11.2. The summed E-state index contributed by atoms with van der Waals surface area (Å²) < 4.78 is 0. The van der Waals surface area contributed by atoms with Crippen LogP contribution in [0.1, 0.15) is 31.1 Å². The van der Waals surface area contributed by atoms with Crippen molar-refractivity contribution in [3.63, 3.8) is 0 Å². The Morgan fingerprint density at radius 1 is 1.69 bits per heavy atom. The third-order valence-electron chi connectivity index (χ3n) is 2.80. The van der Waals surface area contributed by atoms with Gasteiger partial charge < -0.3 is 5.11 Å².